The van der Waals surface area contributed by atoms with E-state index in [9.17, 15) is 13.2 Å². The summed E-state index contributed by atoms with van der Waals surface area (Å²) in [4.78, 5) is 13.3. The predicted molar refractivity (Wildman–Crippen MR) is 124 cm³/mol. The number of nitrogens with one attached hydrogen (secondary N) is 1. The number of carbonyl (C=O) groups excluding carboxylic acids is 1. The van der Waals surface area contributed by atoms with Gasteiger partial charge in [-0.2, -0.15) is 0 Å². The molecule has 0 aliphatic carbocycles. The first-order valence-electron chi connectivity index (χ1n) is 9.41. The van der Waals surface area contributed by atoms with E-state index in [1.807, 2.05) is 38.1 Å². The molecule has 0 aliphatic rings. The van der Waals surface area contributed by atoms with Gasteiger partial charge < -0.3 is 5.32 Å². The summed E-state index contributed by atoms with van der Waals surface area (Å²) in [5, 5.41) is 2.91. The highest BCUT2D eigenvalue weighted by atomic mass is 32.2. The monoisotopic (exact) mass is 440 g/mol. The fourth-order valence-corrected chi connectivity index (χ4v) is 4.83. The molecule has 3 aromatic rings. The second kappa shape index (κ2) is 9.36. The Hall–Kier alpha value is -2.77. The van der Waals surface area contributed by atoms with Crippen molar-refractivity contribution in [3.63, 3.8) is 0 Å². The van der Waals surface area contributed by atoms with Crippen LogP contribution in [-0.2, 0) is 14.8 Å². The molecule has 156 valence electrons. The molecule has 0 aromatic heterocycles. The largest absolute Gasteiger partial charge is 0.325 e. The zero-order valence-electron chi connectivity index (χ0n) is 17.1. The van der Waals surface area contributed by atoms with Crippen molar-refractivity contribution < 1.29 is 13.2 Å². The zero-order chi connectivity index (χ0) is 21.7. The molecule has 0 unspecified atom stereocenters. The van der Waals surface area contributed by atoms with Crippen LogP contribution in [0.3, 0.4) is 0 Å². The lowest BCUT2D eigenvalue weighted by atomic mass is 10.1. The van der Waals surface area contributed by atoms with Gasteiger partial charge in [0.2, 0.25) is 5.91 Å². The third kappa shape index (κ3) is 5.23. The maximum atomic E-state index is 12.8. The summed E-state index contributed by atoms with van der Waals surface area (Å²) in [6.45, 7) is 3.97. The van der Waals surface area contributed by atoms with Crippen molar-refractivity contribution in [2.24, 2.45) is 0 Å². The molecule has 3 rings (SSSR count). The van der Waals surface area contributed by atoms with Crippen LogP contribution in [-0.4, -0.2) is 27.1 Å². The van der Waals surface area contributed by atoms with E-state index in [0.29, 0.717) is 5.69 Å². The van der Waals surface area contributed by atoms with Crippen LogP contribution in [0.25, 0.3) is 0 Å². The molecule has 1 amide bonds. The number of thioether (sulfide) groups is 1. The summed E-state index contributed by atoms with van der Waals surface area (Å²) in [6, 6.07) is 21.4. The van der Waals surface area contributed by atoms with Gasteiger partial charge in [-0.1, -0.05) is 35.9 Å². The van der Waals surface area contributed by atoms with E-state index in [1.54, 1.807) is 48.5 Å². The third-order valence-electron chi connectivity index (χ3n) is 4.63. The lowest BCUT2D eigenvalue weighted by Gasteiger charge is -2.19. The minimum absolute atomic E-state index is 0.104. The highest BCUT2D eigenvalue weighted by Crippen LogP contribution is 2.25. The Kier molecular flexibility index (Phi) is 6.84. The van der Waals surface area contributed by atoms with Crippen LogP contribution < -0.4 is 9.62 Å². The average Bonchev–Trinajstić information content (AvgIpc) is 2.74. The van der Waals surface area contributed by atoms with Crippen LogP contribution >= 0.6 is 11.8 Å². The van der Waals surface area contributed by atoms with Crippen LogP contribution in [0.2, 0.25) is 0 Å². The Balaban J connectivity index is 1.62. The van der Waals surface area contributed by atoms with E-state index >= 15 is 0 Å². The SMILES string of the molecule is Cc1ccc(NC(=O)CSc2ccc(S(=O)(=O)N(C)c3ccccc3)cc2)c(C)c1. The molecule has 0 aliphatic heterocycles. The van der Waals surface area contributed by atoms with Crippen molar-refractivity contribution in [2.75, 3.05) is 22.4 Å². The second-order valence-electron chi connectivity index (χ2n) is 6.93. The summed E-state index contributed by atoms with van der Waals surface area (Å²) in [5.74, 6) is 0.135. The van der Waals surface area contributed by atoms with Gasteiger partial charge in [0.05, 0.1) is 16.3 Å². The molecule has 0 saturated heterocycles. The van der Waals surface area contributed by atoms with Crippen LogP contribution in [0.1, 0.15) is 11.1 Å². The maximum Gasteiger partial charge on any atom is 0.264 e. The summed E-state index contributed by atoms with van der Waals surface area (Å²) in [5.41, 5.74) is 3.56. The minimum Gasteiger partial charge on any atom is -0.325 e. The number of rotatable bonds is 7. The molecule has 0 radical (unpaired) electrons. The van der Waals surface area contributed by atoms with Gasteiger partial charge in [-0.05, 0) is 61.9 Å². The van der Waals surface area contributed by atoms with Crippen LogP contribution in [0.4, 0.5) is 11.4 Å². The van der Waals surface area contributed by atoms with E-state index in [1.165, 1.54) is 23.1 Å². The number of sulfonamides is 1. The van der Waals surface area contributed by atoms with Crippen LogP contribution in [0.5, 0.6) is 0 Å². The Labute approximate surface area is 182 Å². The summed E-state index contributed by atoms with van der Waals surface area (Å²) in [7, 11) is -2.11. The molecule has 30 heavy (non-hydrogen) atoms. The highest BCUT2D eigenvalue weighted by Gasteiger charge is 2.21. The Morgan fingerprint density at radius 2 is 1.63 bits per heavy atom. The summed E-state index contributed by atoms with van der Waals surface area (Å²) >= 11 is 1.36. The second-order valence-corrected chi connectivity index (χ2v) is 9.95. The van der Waals surface area contributed by atoms with Gasteiger partial charge in [0.15, 0.2) is 0 Å². The molecule has 0 atom stereocenters. The Morgan fingerprint density at radius 3 is 2.27 bits per heavy atom. The summed E-state index contributed by atoms with van der Waals surface area (Å²) < 4.78 is 26.9. The van der Waals surface area contributed by atoms with E-state index in [-0.39, 0.29) is 16.6 Å². The Bertz CT molecular complexity index is 1130. The van der Waals surface area contributed by atoms with Crippen molar-refractivity contribution in [3.05, 3.63) is 83.9 Å². The molecule has 5 nitrogen and oxygen atoms in total. The highest BCUT2D eigenvalue weighted by molar-refractivity contribution is 8.00. The first-order chi connectivity index (χ1) is 14.3. The fraction of sp³-hybridized carbons (Fsp3) is 0.174. The molecule has 0 heterocycles. The number of aryl methyl sites for hydroxylation is 2. The average molecular weight is 441 g/mol. The van der Waals surface area contributed by atoms with Crippen molar-refractivity contribution in [3.8, 4) is 0 Å². The predicted octanol–water partition coefficient (Wildman–Crippen LogP) is 4.86. The number of carbonyl (C=O) groups is 1. The third-order valence-corrected chi connectivity index (χ3v) is 7.44. The van der Waals surface area contributed by atoms with Crippen molar-refractivity contribution >= 4 is 39.1 Å². The van der Waals surface area contributed by atoms with Gasteiger partial charge >= 0.3 is 0 Å². The standard InChI is InChI=1S/C23H24N2O3S2/c1-17-9-14-22(18(2)15-17)24-23(26)16-29-20-10-12-21(13-11-20)30(27,28)25(3)19-7-5-4-6-8-19/h4-15H,16H2,1-3H3,(H,24,26). The quantitative estimate of drug-likeness (QED) is 0.533. The topological polar surface area (TPSA) is 66.5 Å². The van der Waals surface area contributed by atoms with Crippen molar-refractivity contribution in [1.82, 2.24) is 0 Å². The number of anilines is 2. The van der Waals surface area contributed by atoms with Crippen molar-refractivity contribution in [2.45, 2.75) is 23.6 Å². The molecule has 0 bridgehead atoms. The normalized spacial score (nSPS) is 11.2. The lowest BCUT2D eigenvalue weighted by molar-refractivity contribution is -0.113. The van der Waals surface area contributed by atoms with Gasteiger partial charge in [-0.3, -0.25) is 9.10 Å². The molecule has 0 saturated carbocycles. The minimum atomic E-state index is -3.64. The smallest absolute Gasteiger partial charge is 0.264 e. The van der Waals surface area contributed by atoms with E-state index in [0.717, 1.165) is 21.7 Å². The maximum absolute atomic E-state index is 12.8. The van der Waals surface area contributed by atoms with Gasteiger partial charge in [-0.15, -0.1) is 11.8 Å². The fourth-order valence-electron chi connectivity index (χ4n) is 2.93. The zero-order valence-corrected chi connectivity index (χ0v) is 18.8. The van der Waals surface area contributed by atoms with E-state index < -0.39 is 10.0 Å². The number of benzene rings is 3. The molecule has 0 spiro atoms. The van der Waals surface area contributed by atoms with E-state index in [4.69, 9.17) is 0 Å². The van der Waals surface area contributed by atoms with Gasteiger partial charge in [0.1, 0.15) is 0 Å². The number of hydrogen-bond donors (Lipinski definition) is 1. The first kappa shape index (κ1) is 21.9. The van der Waals surface area contributed by atoms with Crippen LogP contribution in [0.15, 0.2) is 82.6 Å². The van der Waals surface area contributed by atoms with Gasteiger partial charge in [-0.25, -0.2) is 8.42 Å². The molecule has 1 N–H and O–H groups in total. The lowest BCUT2D eigenvalue weighted by Crippen LogP contribution is -2.26. The van der Waals surface area contributed by atoms with Crippen molar-refractivity contribution in [1.29, 1.82) is 0 Å². The molecule has 0 fully saturated rings. The number of amides is 1. The van der Waals surface area contributed by atoms with E-state index in [2.05, 4.69) is 5.32 Å². The van der Waals surface area contributed by atoms with Gasteiger partial charge in [0, 0.05) is 17.6 Å². The number of nitrogens with zero attached hydrogens (tertiary/aromatic N) is 1. The number of para-hydroxylation sites is 1. The molecule has 7 heteroatoms. The Morgan fingerprint density at radius 1 is 0.967 bits per heavy atom. The number of hydrogen-bond acceptors (Lipinski definition) is 4. The first-order valence-corrected chi connectivity index (χ1v) is 11.8. The molecular weight excluding hydrogens is 416 g/mol. The molecule has 3 aromatic carbocycles. The van der Waals surface area contributed by atoms with Gasteiger partial charge in [0.25, 0.3) is 10.0 Å². The van der Waals surface area contributed by atoms with Crippen LogP contribution in [0, 0.1) is 13.8 Å². The summed E-state index contributed by atoms with van der Waals surface area (Å²) in [6.07, 6.45) is 0. The molecular formula is C23H24N2O3S2.